The van der Waals surface area contributed by atoms with Crippen LogP contribution in [0.25, 0.3) is 0 Å². The lowest BCUT2D eigenvalue weighted by atomic mass is 9.88. The lowest BCUT2D eigenvalue weighted by Crippen LogP contribution is -2.48. The summed E-state index contributed by atoms with van der Waals surface area (Å²) in [7, 11) is 0. The Morgan fingerprint density at radius 3 is 2.28 bits per heavy atom. The zero-order chi connectivity index (χ0) is 18.8. The van der Waals surface area contributed by atoms with E-state index in [1.54, 1.807) is 6.92 Å². The van der Waals surface area contributed by atoms with Crippen molar-refractivity contribution >= 4 is 23.5 Å². The van der Waals surface area contributed by atoms with Crippen molar-refractivity contribution in [1.82, 2.24) is 10.2 Å². The SMILES string of the molecule is CCC(C)c1ccc(NC(=O)CN2C(=O)NC(C)(C(C)C)C2=O)cc1. The quantitative estimate of drug-likeness (QED) is 0.778. The van der Waals surface area contributed by atoms with E-state index < -0.39 is 17.5 Å². The second-order valence-corrected chi connectivity index (χ2v) is 7.16. The average Bonchev–Trinajstić information content (AvgIpc) is 2.79. The third-order valence-electron chi connectivity index (χ3n) is 5.13. The summed E-state index contributed by atoms with van der Waals surface area (Å²) >= 11 is 0. The predicted molar refractivity (Wildman–Crippen MR) is 97.3 cm³/mol. The van der Waals surface area contributed by atoms with E-state index in [2.05, 4.69) is 24.5 Å². The molecule has 0 spiro atoms. The average molecular weight is 345 g/mol. The molecule has 2 rings (SSSR count). The molecule has 6 nitrogen and oxygen atoms in total. The van der Waals surface area contributed by atoms with Crippen LogP contribution in [0.1, 0.15) is 52.5 Å². The van der Waals surface area contributed by atoms with Crippen molar-refractivity contribution in [2.45, 2.75) is 52.5 Å². The van der Waals surface area contributed by atoms with Gasteiger partial charge in [-0.15, -0.1) is 0 Å². The summed E-state index contributed by atoms with van der Waals surface area (Å²) in [6.45, 7) is 9.39. The number of carbonyl (C=O) groups is 3. The number of anilines is 1. The van der Waals surface area contributed by atoms with Gasteiger partial charge in [0.2, 0.25) is 5.91 Å². The van der Waals surface area contributed by atoms with E-state index in [0.717, 1.165) is 11.3 Å². The largest absolute Gasteiger partial charge is 0.325 e. The van der Waals surface area contributed by atoms with Gasteiger partial charge in [-0.1, -0.05) is 39.8 Å². The van der Waals surface area contributed by atoms with Crippen molar-refractivity contribution < 1.29 is 14.4 Å². The maximum absolute atomic E-state index is 12.5. The molecule has 1 aromatic rings. The molecule has 1 aromatic carbocycles. The molecule has 0 radical (unpaired) electrons. The molecule has 4 amide bonds. The highest BCUT2D eigenvalue weighted by molar-refractivity contribution is 6.10. The predicted octanol–water partition coefficient (Wildman–Crippen LogP) is 3.11. The third kappa shape index (κ3) is 3.83. The lowest BCUT2D eigenvalue weighted by molar-refractivity contribution is -0.134. The number of rotatable bonds is 6. The van der Waals surface area contributed by atoms with Gasteiger partial charge in [-0.05, 0) is 42.9 Å². The van der Waals surface area contributed by atoms with Crippen molar-refractivity contribution in [2.75, 3.05) is 11.9 Å². The summed E-state index contributed by atoms with van der Waals surface area (Å²) in [5.74, 6) is -0.364. The first-order valence-corrected chi connectivity index (χ1v) is 8.73. The first-order valence-electron chi connectivity index (χ1n) is 8.73. The van der Waals surface area contributed by atoms with Crippen LogP contribution in [0.5, 0.6) is 0 Å². The monoisotopic (exact) mass is 345 g/mol. The minimum Gasteiger partial charge on any atom is -0.325 e. The van der Waals surface area contributed by atoms with Crippen LogP contribution in [0.15, 0.2) is 24.3 Å². The molecule has 25 heavy (non-hydrogen) atoms. The number of nitrogens with zero attached hydrogens (tertiary/aromatic N) is 1. The maximum Gasteiger partial charge on any atom is 0.325 e. The molecular formula is C19H27N3O3. The van der Waals surface area contributed by atoms with Gasteiger partial charge in [-0.25, -0.2) is 4.79 Å². The Balaban J connectivity index is 2.01. The molecular weight excluding hydrogens is 318 g/mol. The molecule has 136 valence electrons. The van der Waals surface area contributed by atoms with Gasteiger partial charge in [0.25, 0.3) is 5.91 Å². The Kier molecular flexibility index (Phi) is 5.50. The zero-order valence-electron chi connectivity index (χ0n) is 15.6. The standard InChI is InChI=1S/C19H27N3O3/c1-6-13(4)14-7-9-15(10-8-14)20-16(23)11-22-17(24)19(5,12(2)3)21-18(22)25/h7-10,12-13H,6,11H2,1-5H3,(H,20,23)(H,21,25). The maximum atomic E-state index is 12.5. The summed E-state index contributed by atoms with van der Waals surface area (Å²) in [4.78, 5) is 37.7. The van der Waals surface area contributed by atoms with Gasteiger partial charge >= 0.3 is 6.03 Å². The van der Waals surface area contributed by atoms with Crippen molar-refractivity contribution in [2.24, 2.45) is 5.92 Å². The number of hydrogen-bond donors (Lipinski definition) is 2. The van der Waals surface area contributed by atoms with Crippen molar-refractivity contribution in [3.05, 3.63) is 29.8 Å². The molecule has 0 aliphatic carbocycles. The van der Waals surface area contributed by atoms with Crippen LogP contribution in [-0.4, -0.2) is 34.8 Å². The molecule has 2 atom stereocenters. The van der Waals surface area contributed by atoms with E-state index in [9.17, 15) is 14.4 Å². The van der Waals surface area contributed by atoms with Gasteiger partial charge in [-0.2, -0.15) is 0 Å². The molecule has 2 N–H and O–H groups in total. The second-order valence-electron chi connectivity index (χ2n) is 7.16. The Morgan fingerprint density at radius 2 is 1.80 bits per heavy atom. The van der Waals surface area contributed by atoms with Crippen molar-refractivity contribution in [3.8, 4) is 0 Å². The van der Waals surface area contributed by atoms with Crippen LogP contribution in [0.3, 0.4) is 0 Å². The summed E-state index contributed by atoms with van der Waals surface area (Å²) < 4.78 is 0. The zero-order valence-corrected chi connectivity index (χ0v) is 15.6. The van der Waals surface area contributed by atoms with E-state index in [1.165, 1.54) is 5.56 Å². The lowest BCUT2D eigenvalue weighted by Gasteiger charge is -2.25. The fourth-order valence-electron chi connectivity index (χ4n) is 2.73. The topological polar surface area (TPSA) is 78.5 Å². The van der Waals surface area contributed by atoms with E-state index >= 15 is 0 Å². The van der Waals surface area contributed by atoms with Gasteiger partial charge in [-0.3, -0.25) is 14.5 Å². The highest BCUT2D eigenvalue weighted by Gasteiger charge is 2.50. The Hall–Kier alpha value is -2.37. The summed E-state index contributed by atoms with van der Waals surface area (Å²) in [5.41, 5.74) is 0.896. The molecule has 1 heterocycles. The molecule has 0 aromatic heterocycles. The summed E-state index contributed by atoms with van der Waals surface area (Å²) in [5, 5.41) is 5.42. The highest BCUT2D eigenvalue weighted by atomic mass is 16.2. The van der Waals surface area contributed by atoms with E-state index in [1.807, 2.05) is 38.1 Å². The number of imide groups is 1. The second kappa shape index (κ2) is 7.25. The Morgan fingerprint density at radius 1 is 1.20 bits per heavy atom. The van der Waals surface area contributed by atoms with E-state index in [4.69, 9.17) is 0 Å². The molecule has 6 heteroatoms. The van der Waals surface area contributed by atoms with E-state index in [-0.39, 0.29) is 18.4 Å². The molecule has 1 fully saturated rings. The summed E-state index contributed by atoms with van der Waals surface area (Å²) in [6.07, 6.45) is 1.05. The van der Waals surface area contributed by atoms with Crippen LogP contribution in [0.4, 0.5) is 10.5 Å². The smallest absolute Gasteiger partial charge is 0.325 e. The van der Waals surface area contributed by atoms with Gasteiger partial charge in [0, 0.05) is 5.69 Å². The first kappa shape index (κ1) is 19.0. The highest BCUT2D eigenvalue weighted by Crippen LogP contribution is 2.25. The number of urea groups is 1. The minimum absolute atomic E-state index is 0.0647. The van der Waals surface area contributed by atoms with Crippen molar-refractivity contribution in [1.29, 1.82) is 0 Å². The van der Waals surface area contributed by atoms with Gasteiger partial charge < -0.3 is 10.6 Å². The number of hydrogen-bond acceptors (Lipinski definition) is 3. The van der Waals surface area contributed by atoms with Crippen LogP contribution < -0.4 is 10.6 Å². The molecule has 1 saturated heterocycles. The molecule has 0 bridgehead atoms. The fraction of sp³-hybridized carbons (Fsp3) is 0.526. The van der Waals surface area contributed by atoms with Crippen LogP contribution in [-0.2, 0) is 9.59 Å². The first-order chi connectivity index (χ1) is 11.7. The van der Waals surface area contributed by atoms with Gasteiger partial charge in [0.05, 0.1) is 0 Å². The number of benzene rings is 1. The van der Waals surface area contributed by atoms with Crippen LogP contribution in [0, 0.1) is 5.92 Å². The molecule has 2 unspecified atom stereocenters. The molecule has 0 saturated carbocycles. The Labute approximate surface area is 149 Å². The van der Waals surface area contributed by atoms with Crippen molar-refractivity contribution in [3.63, 3.8) is 0 Å². The number of carbonyl (C=O) groups excluding carboxylic acids is 3. The van der Waals surface area contributed by atoms with Gasteiger partial charge in [0.1, 0.15) is 12.1 Å². The molecule has 1 aliphatic heterocycles. The number of nitrogens with one attached hydrogen (secondary N) is 2. The normalized spacial score (nSPS) is 21.4. The Bertz CT molecular complexity index is 669. The summed E-state index contributed by atoms with van der Waals surface area (Å²) in [6, 6.07) is 7.11. The minimum atomic E-state index is -0.963. The third-order valence-corrected chi connectivity index (χ3v) is 5.13. The fourth-order valence-corrected chi connectivity index (χ4v) is 2.73. The van der Waals surface area contributed by atoms with Gasteiger partial charge in [0.15, 0.2) is 0 Å². The molecule has 1 aliphatic rings. The number of amides is 4. The van der Waals surface area contributed by atoms with Crippen LogP contribution >= 0.6 is 0 Å². The van der Waals surface area contributed by atoms with E-state index in [0.29, 0.717) is 11.6 Å². The van der Waals surface area contributed by atoms with Crippen LogP contribution in [0.2, 0.25) is 0 Å².